The first-order valence-corrected chi connectivity index (χ1v) is 10.5. The summed E-state index contributed by atoms with van der Waals surface area (Å²) in [4.78, 5) is 0. The molecule has 0 aromatic heterocycles. The van der Waals surface area contributed by atoms with Crippen LogP contribution in [0.25, 0.3) is 0 Å². The van der Waals surface area contributed by atoms with Crippen molar-refractivity contribution < 1.29 is 13.2 Å². The van der Waals surface area contributed by atoms with Crippen LogP contribution in [0.15, 0.2) is 72.8 Å². The van der Waals surface area contributed by atoms with Gasteiger partial charge in [0.15, 0.2) is 0 Å². The monoisotopic (exact) mass is 406 g/mol. The predicted octanol–water partition coefficient (Wildman–Crippen LogP) is 2.62. The van der Waals surface area contributed by atoms with Crippen LogP contribution in [0.1, 0.15) is 0 Å². The summed E-state index contributed by atoms with van der Waals surface area (Å²) in [7, 11) is 0. The van der Waals surface area contributed by atoms with Crippen LogP contribution in [0.4, 0.5) is 13.2 Å². The molecule has 0 aliphatic carbocycles. The Labute approximate surface area is 134 Å². The molecule has 0 atom stereocenters. The first kappa shape index (κ1) is 15.2. The van der Waals surface area contributed by atoms with E-state index in [1.807, 2.05) is 0 Å². The Morgan fingerprint density at radius 2 is 0.727 bits per heavy atom. The third-order valence-corrected chi connectivity index (χ3v) is 10.5. The SMILES string of the molecule is Fc1cccc[c]1[Sb]([c]1ccccc1F)[c]1ccccc1F. The van der Waals surface area contributed by atoms with E-state index in [1.54, 1.807) is 54.6 Å². The van der Waals surface area contributed by atoms with E-state index >= 15 is 0 Å². The van der Waals surface area contributed by atoms with E-state index in [1.165, 1.54) is 18.2 Å². The standard InChI is InChI=1S/3C6H4F.Sb/c3*7-6-4-2-1-3-5-6;/h3*1-4H;. The minimum atomic E-state index is -3.10. The Morgan fingerprint density at radius 3 is 1.00 bits per heavy atom. The number of hydrogen-bond donors (Lipinski definition) is 0. The Bertz CT molecular complexity index is 693. The van der Waals surface area contributed by atoms with Crippen molar-refractivity contribution in [3.63, 3.8) is 0 Å². The summed E-state index contributed by atoms with van der Waals surface area (Å²) >= 11 is -3.10. The van der Waals surface area contributed by atoms with Crippen LogP contribution < -0.4 is 10.5 Å². The van der Waals surface area contributed by atoms with E-state index in [-0.39, 0.29) is 0 Å². The minimum absolute atomic E-state index is 0.406. The van der Waals surface area contributed by atoms with Crippen LogP contribution in [-0.2, 0) is 0 Å². The molecule has 0 unspecified atom stereocenters. The van der Waals surface area contributed by atoms with Gasteiger partial charge in [-0.3, -0.25) is 0 Å². The maximum absolute atomic E-state index is 14.3. The van der Waals surface area contributed by atoms with Crippen molar-refractivity contribution in [1.82, 2.24) is 0 Å². The summed E-state index contributed by atoms with van der Waals surface area (Å²) in [6, 6.07) is 18.8. The number of rotatable bonds is 3. The van der Waals surface area contributed by atoms with Gasteiger partial charge in [-0.1, -0.05) is 0 Å². The molecule has 0 aliphatic rings. The van der Waals surface area contributed by atoms with Crippen LogP contribution in [0.5, 0.6) is 0 Å². The van der Waals surface area contributed by atoms with E-state index in [2.05, 4.69) is 0 Å². The van der Waals surface area contributed by atoms with E-state index < -0.39 is 37.7 Å². The topological polar surface area (TPSA) is 0 Å². The molecule has 3 rings (SSSR count). The van der Waals surface area contributed by atoms with E-state index in [4.69, 9.17) is 0 Å². The first-order valence-electron chi connectivity index (χ1n) is 6.72. The van der Waals surface area contributed by atoms with E-state index in [0.717, 1.165) is 0 Å². The van der Waals surface area contributed by atoms with Crippen molar-refractivity contribution in [2.75, 3.05) is 0 Å². The Morgan fingerprint density at radius 1 is 0.455 bits per heavy atom. The fourth-order valence-electron chi connectivity index (χ4n) is 2.29. The summed E-state index contributed by atoms with van der Waals surface area (Å²) in [6.45, 7) is 0. The molecule has 0 N–H and O–H groups in total. The van der Waals surface area contributed by atoms with Gasteiger partial charge in [-0.15, -0.1) is 0 Å². The summed E-state index contributed by atoms with van der Waals surface area (Å²) < 4.78 is 44.1. The third-order valence-electron chi connectivity index (χ3n) is 3.28. The molecule has 3 aromatic rings. The van der Waals surface area contributed by atoms with Gasteiger partial charge >= 0.3 is 134 Å². The van der Waals surface area contributed by atoms with Gasteiger partial charge in [-0.2, -0.15) is 0 Å². The molecule has 0 nitrogen and oxygen atoms in total. The molecule has 0 heterocycles. The van der Waals surface area contributed by atoms with Gasteiger partial charge in [-0.05, 0) is 0 Å². The molecule has 0 spiro atoms. The quantitative estimate of drug-likeness (QED) is 0.586. The molecule has 0 amide bonds. The maximum atomic E-state index is 14.3. The van der Waals surface area contributed by atoms with Gasteiger partial charge in [0.25, 0.3) is 0 Å². The summed E-state index contributed by atoms with van der Waals surface area (Å²) in [5.74, 6) is -1.22. The van der Waals surface area contributed by atoms with Crippen molar-refractivity contribution in [2.24, 2.45) is 0 Å². The first-order chi connectivity index (χ1) is 10.7. The molecule has 0 saturated heterocycles. The second-order valence-corrected chi connectivity index (χ2v) is 10.7. The second-order valence-electron chi connectivity index (χ2n) is 4.69. The van der Waals surface area contributed by atoms with Crippen molar-refractivity contribution in [1.29, 1.82) is 0 Å². The molecule has 0 bridgehead atoms. The zero-order valence-electron chi connectivity index (χ0n) is 11.5. The fourth-order valence-corrected chi connectivity index (χ4v) is 8.99. The van der Waals surface area contributed by atoms with Crippen molar-refractivity contribution in [3.05, 3.63) is 90.2 Å². The molecule has 0 radical (unpaired) electrons. The van der Waals surface area contributed by atoms with Crippen LogP contribution in [0.3, 0.4) is 0 Å². The normalized spacial score (nSPS) is 10.9. The van der Waals surface area contributed by atoms with Gasteiger partial charge < -0.3 is 0 Å². The molecule has 0 fully saturated rings. The summed E-state index contributed by atoms with van der Waals surface area (Å²) in [5.41, 5.74) is 0. The predicted molar refractivity (Wildman–Crippen MR) is 83.9 cm³/mol. The van der Waals surface area contributed by atoms with Crippen LogP contribution in [0, 0.1) is 17.5 Å². The van der Waals surface area contributed by atoms with Gasteiger partial charge in [0.05, 0.1) is 0 Å². The summed E-state index contributed by atoms with van der Waals surface area (Å²) in [6.07, 6.45) is 0. The van der Waals surface area contributed by atoms with Gasteiger partial charge in [0.1, 0.15) is 0 Å². The van der Waals surface area contributed by atoms with Crippen molar-refractivity contribution in [3.8, 4) is 0 Å². The van der Waals surface area contributed by atoms with Crippen LogP contribution in [-0.4, -0.2) is 20.2 Å². The van der Waals surface area contributed by atoms with Gasteiger partial charge in [0.2, 0.25) is 0 Å². The Balaban J connectivity index is 2.27. The molecule has 3 aromatic carbocycles. The Hall–Kier alpha value is -1.73. The molecule has 0 saturated carbocycles. The van der Waals surface area contributed by atoms with Crippen molar-refractivity contribution in [2.45, 2.75) is 0 Å². The van der Waals surface area contributed by atoms with Crippen LogP contribution in [0.2, 0.25) is 0 Å². The van der Waals surface area contributed by atoms with Crippen LogP contribution >= 0.6 is 0 Å². The molecule has 4 heteroatoms. The molecule has 110 valence electrons. The van der Waals surface area contributed by atoms with E-state index in [0.29, 0.717) is 10.5 Å². The van der Waals surface area contributed by atoms with Gasteiger partial charge in [-0.25, -0.2) is 0 Å². The second kappa shape index (κ2) is 6.58. The number of hydrogen-bond acceptors (Lipinski definition) is 0. The molecular weight excluding hydrogens is 395 g/mol. The van der Waals surface area contributed by atoms with Gasteiger partial charge in [0, 0.05) is 0 Å². The third kappa shape index (κ3) is 2.91. The van der Waals surface area contributed by atoms with E-state index in [9.17, 15) is 13.2 Å². The zero-order valence-corrected chi connectivity index (χ0v) is 14.1. The Kier molecular flexibility index (Phi) is 4.54. The average molecular weight is 407 g/mol. The molecular formula is C18H12F3Sb. The fraction of sp³-hybridized carbons (Fsp3) is 0. The molecule has 0 aliphatic heterocycles. The summed E-state index contributed by atoms with van der Waals surface area (Å²) in [5, 5.41) is 0. The van der Waals surface area contributed by atoms with Crippen molar-refractivity contribution >= 4 is 30.7 Å². The number of halogens is 3. The molecule has 22 heavy (non-hydrogen) atoms. The zero-order chi connectivity index (χ0) is 15.5. The average Bonchev–Trinajstić information content (AvgIpc) is 2.53. The number of benzene rings is 3.